The van der Waals surface area contributed by atoms with E-state index in [4.69, 9.17) is 5.26 Å². The molecule has 1 aliphatic rings. The zero-order chi connectivity index (χ0) is 5.82. The van der Waals surface area contributed by atoms with Crippen LogP contribution in [0.25, 0.3) is 0 Å². The van der Waals surface area contributed by atoms with Crippen LogP contribution in [-0.4, -0.2) is 12.3 Å². The van der Waals surface area contributed by atoms with E-state index in [1.54, 1.807) is 11.8 Å². The van der Waals surface area contributed by atoms with Crippen LogP contribution in [-0.2, 0) is 0 Å². The van der Waals surface area contributed by atoms with Gasteiger partial charge in [0, 0.05) is 18.4 Å². The Kier molecular flexibility index (Phi) is 1.81. The van der Waals surface area contributed by atoms with Crippen LogP contribution in [0.4, 0.5) is 0 Å². The van der Waals surface area contributed by atoms with Gasteiger partial charge >= 0.3 is 0 Å². The lowest BCUT2D eigenvalue weighted by Gasteiger charge is -1.88. The summed E-state index contributed by atoms with van der Waals surface area (Å²) in [7, 11) is 0. The van der Waals surface area contributed by atoms with Crippen LogP contribution in [0.3, 0.4) is 0 Å². The van der Waals surface area contributed by atoms with Crippen LogP contribution >= 0.6 is 11.8 Å². The van der Waals surface area contributed by atoms with E-state index in [0.29, 0.717) is 0 Å². The van der Waals surface area contributed by atoms with E-state index in [0.717, 1.165) is 17.3 Å². The first-order valence-corrected chi connectivity index (χ1v) is 3.38. The molecule has 0 aromatic rings. The largest absolute Gasteiger partial charge is 0.378 e. The smallest absolute Gasteiger partial charge is 0.0939 e. The number of nitrogens with zero attached hydrogens (tertiary/aromatic N) is 1. The Balaban J connectivity index is 2.48. The molecule has 0 aliphatic carbocycles. The molecule has 1 aliphatic heterocycles. The maximum absolute atomic E-state index is 8.15. The van der Waals surface area contributed by atoms with Crippen molar-refractivity contribution in [2.24, 2.45) is 0 Å². The average Bonchev–Trinajstić information content (AvgIpc) is 2.19. The molecule has 1 rings (SSSR count). The van der Waals surface area contributed by atoms with Gasteiger partial charge in [0.15, 0.2) is 0 Å². The molecule has 0 spiro atoms. The topological polar surface area (TPSA) is 35.8 Å². The Morgan fingerprint density at radius 3 is 3.25 bits per heavy atom. The Morgan fingerprint density at radius 2 is 2.75 bits per heavy atom. The molecule has 1 heterocycles. The van der Waals surface area contributed by atoms with Crippen molar-refractivity contribution in [1.29, 1.82) is 5.26 Å². The zero-order valence-electron chi connectivity index (χ0n) is 4.35. The fourth-order valence-corrected chi connectivity index (χ4v) is 1.30. The van der Waals surface area contributed by atoms with Gasteiger partial charge in [-0.15, -0.1) is 11.8 Å². The van der Waals surface area contributed by atoms with Gasteiger partial charge in [-0.25, -0.2) is 0 Å². The fourth-order valence-electron chi connectivity index (χ4n) is 0.538. The van der Waals surface area contributed by atoms with Gasteiger partial charge in [-0.1, -0.05) is 0 Å². The second-order valence-electron chi connectivity index (χ2n) is 1.41. The van der Waals surface area contributed by atoms with Crippen LogP contribution in [0.2, 0.25) is 0 Å². The first kappa shape index (κ1) is 5.52. The van der Waals surface area contributed by atoms with E-state index in [2.05, 4.69) is 5.32 Å². The molecule has 42 valence electrons. The van der Waals surface area contributed by atoms with Crippen LogP contribution in [0.5, 0.6) is 0 Å². The van der Waals surface area contributed by atoms with Crippen molar-refractivity contribution in [1.82, 2.24) is 5.32 Å². The number of nitrogens with one attached hydrogen (secondary N) is 1. The lowest BCUT2D eigenvalue weighted by Crippen LogP contribution is -2.03. The lowest BCUT2D eigenvalue weighted by atomic mass is 10.6. The van der Waals surface area contributed by atoms with Crippen molar-refractivity contribution in [3.63, 3.8) is 0 Å². The molecule has 0 bridgehead atoms. The molecule has 1 N–H and O–H groups in total. The normalized spacial score (nSPS) is 22.6. The van der Waals surface area contributed by atoms with Crippen LogP contribution in [0.1, 0.15) is 0 Å². The number of thioether (sulfide) groups is 1. The fraction of sp³-hybridized carbons (Fsp3) is 0.400. The molecule has 2 nitrogen and oxygen atoms in total. The minimum atomic E-state index is 0.998. The summed E-state index contributed by atoms with van der Waals surface area (Å²) in [4.78, 5) is 0. The molecule has 0 aromatic carbocycles. The van der Waals surface area contributed by atoms with Gasteiger partial charge < -0.3 is 5.32 Å². The molecule has 3 heteroatoms. The lowest BCUT2D eigenvalue weighted by molar-refractivity contribution is 0.947. The molecule has 8 heavy (non-hydrogen) atoms. The van der Waals surface area contributed by atoms with Gasteiger partial charge in [0.1, 0.15) is 0 Å². The Bertz CT molecular complexity index is 137. The van der Waals surface area contributed by atoms with Gasteiger partial charge in [-0.2, -0.15) is 5.26 Å². The maximum atomic E-state index is 8.15. The summed E-state index contributed by atoms with van der Waals surface area (Å²) < 4.78 is 0. The van der Waals surface area contributed by atoms with Gasteiger partial charge in [-0.05, 0) is 0 Å². The summed E-state index contributed by atoms with van der Waals surface area (Å²) in [5, 5.41) is 12.2. The SMILES string of the molecule is N#C/C=C1/NCCS1. The monoisotopic (exact) mass is 126 g/mol. The summed E-state index contributed by atoms with van der Waals surface area (Å²) in [6.45, 7) is 0.998. The van der Waals surface area contributed by atoms with Crippen molar-refractivity contribution in [2.75, 3.05) is 12.3 Å². The Morgan fingerprint density at radius 1 is 1.88 bits per heavy atom. The van der Waals surface area contributed by atoms with E-state index in [1.807, 2.05) is 6.07 Å². The van der Waals surface area contributed by atoms with E-state index in [9.17, 15) is 0 Å². The first-order valence-electron chi connectivity index (χ1n) is 2.40. The molecule has 0 amide bonds. The van der Waals surface area contributed by atoms with E-state index in [-0.39, 0.29) is 0 Å². The Hall–Kier alpha value is -0.620. The summed E-state index contributed by atoms with van der Waals surface area (Å²) in [6.07, 6.45) is 1.54. The van der Waals surface area contributed by atoms with Gasteiger partial charge in [0.05, 0.1) is 11.1 Å². The third kappa shape index (κ3) is 1.17. The summed E-state index contributed by atoms with van der Waals surface area (Å²) in [6, 6.07) is 1.96. The summed E-state index contributed by atoms with van der Waals surface area (Å²) >= 11 is 1.69. The molecule has 0 unspecified atom stereocenters. The number of rotatable bonds is 0. The van der Waals surface area contributed by atoms with Crippen LogP contribution < -0.4 is 5.32 Å². The van der Waals surface area contributed by atoms with Crippen LogP contribution in [0, 0.1) is 11.3 Å². The second kappa shape index (κ2) is 2.63. The standard InChI is InChI=1S/C5H6N2S/c6-2-1-5-7-3-4-8-5/h1,7H,3-4H2/b5-1-. The van der Waals surface area contributed by atoms with Gasteiger partial charge in [-0.3, -0.25) is 0 Å². The summed E-state index contributed by atoms with van der Waals surface area (Å²) in [5.74, 6) is 1.09. The number of allylic oxidation sites excluding steroid dienone is 1. The number of hydrogen-bond acceptors (Lipinski definition) is 3. The molecule has 1 saturated heterocycles. The quantitative estimate of drug-likeness (QED) is 0.485. The van der Waals surface area contributed by atoms with Crippen molar-refractivity contribution >= 4 is 11.8 Å². The number of nitriles is 1. The zero-order valence-corrected chi connectivity index (χ0v) is 5.16. The molecule has 0 saturated carbocycles. The molecular weight excluding hydrogens is 120 g/mol. The minimum Gasteiger partial charge on any atom is -0.378 e. The van der Waals surface area contributed by atoms with E-state index >= 15 is 0 Å². The highest BCUT2D eigenvalue weighted by atomic mass is 32.2. The minimum absolute atomic E-state index is 0.998. The van der Waals surface area contributed by atoms with Crippen molar-refractivity contribution in [3.05, 3.63) is 11.1 Å². The average molecular weight is 126 g/mol. The Labute approximate surface area is 52.6 Å². The van der Waals surface area contributed by atoms with E-state index < -0.39 is 0 Å². The molecule has 0 aromatic heterocycles. The van der Waals surface area contributed by atoms with Crippen molar-refractivity contribution in [3.8, 4) is 6.07 Å². The highest BCUT2D eigenvalue weighted by Crippen LogP contribution is 2.16. The molecule has 1 fully saturated rings. The van der Waals surface area contributed by atoms with E-state index in [1.165, 1.54) is 6.08 Å². The number of hydrogen-bond donors (Lipinski definition) is 1. The summed E-state index contributed by atoms with van der Waals surface area (Å²) in [5.41, 5.74) is 0. The third-order valence-electron chi connectivity index (χ3n) is 0.855. The van der Waals surface area contributed by atoms with Crippen molar-refractivity contribution < 1.29 is 0 Å². The van der Waals surface area contributed by atoms with Crippen molar-refractivity contribution in [2.45, 2.75) is 0 Å². The predicted octanol–water partition coefficient (Wildman–Crippen LogP) is 0.688. The van der Waals surface area contributed by atoms with Crippen LogP contribution in [0.15, 0.2) is 11.1 Å². The maximum Gasteiger partial charge on any atom is 0.0939 e. The highest BCUT2D eigenvalue weighted by molar-refractivity contribution is 8.03. The molecular formula is C5H6N2S. The third-order valence-corrected chi connectivity index (χ3v) is 1.84. The molecule has 0 atom stereocenters. The second-order valence-corrected chi connectivity index (χ2v) is 2.55. The first-order chi connectivity index (χ1) is 3.93. The highest BCUT2D eigenvalue weighted by Gasteiger charge is 2.03. The van der Waals surface area contributed by atoms with Gasteiger partial charge in [0.2, 0.25) is 0 Å². The predicted molar refractivity (Wildman–Crippen MR) is 34.2 cm³/mol. The van der Waals surface area contributed by atoms with Gasteiger partial charge in [0.25, 0.3) is 0 Å². The molecule has 0 radical (unpaired) electrons.